The number of hydrogen-bond acceptors (Lipinski definition) is 6. The van der Waals surface area contributed by atoms with E-state index in [1.54, 1.807) is 28.2 Å². The average molecular weight is 522 g/mol. The first-order valence-electron chi connectivity index (χ1n) is 8.94. The van der Waals surface area contributed by atoms with E-state index in [9.17, 15) is 14.0 Å². The van der Waals surface area contributed by atoms with Gasteiger partial charge >= 0.3 is 0 Å². The largest absolute Gasteiger partial charge is 0.347 e. The maximum atomic E-state index is 13.0. The summed E-state index contributed by atoms with van der Waals surface area (Å²) >= 11 is 0. The number of carbonyl (C=O) groups is 2. The zero-order chi connectivity index (χ0) is 20.7. The molecule has 0 radical (unpaired) electrons. The molecule has 1 aromatic rings. The van der Waals surface area contributed by atoms with Crippen LogP contribution < -0.4 is 10.2 Å². The van der Waals surface area contributed by atoms with Gasteiger partial charge in [0.15, 0.2) is 11.8 Å². The molecule has 0 aliphatic carbocycles. The van der Waals surface area contributed by atoms with Gasteiger partial charge in [-0.2, -0.15) is 0 Å². The second-order valence-corrected chi connectivity index (χ2v) is 6.75. The van der Waals surface area contributed by atoms with Gasteiger partial charge in [0.05, 0.1) is 18.9 Å². The van der Waals surface area contributed by atoms with Crippen molar-refractivity contribution in [1.29, 1.82) is 0 Å². The number of likely N-dealkylation sites (N-methyl/N-ethyl adjacent to an activating group) is 2. The summed E-state index contributed by atoms with van der Waals surface area (Å²) in [6, 6.07) is 0. The Labute approximate surface area is 187 Å². The van der Waals surface area contributed by atoms with E-state index in [2.05, 4.69) is 20.3 Å². The summed E-state index contributed by atoms with van der Waals surface area (Å²) < 4.78 is 13.0. The lowest BCUT2D eigenvalue weighted by Crippen LogP contribution is -2.54. The van der Waals surface area contributed by atoms with Crippen molar-refractivity contribution in [2.24, 2.45) is 4.99 Å². The van der Waals surface area contributed by atoms with E-state index >= 15 is 0 Å². The Morgan fingerprint density at radius 1 is 1.07 bits per heavy atom. The van der Waals surface area contributed by atoms with Crippen LogP contribution in [-0.2, 0) is 9.59 Å². The van der Waals surface area contributed by atoms with Crippen LogP contribution in [0.1, 0.15) is 0 Å². The Bertz CT molecular complexity index is 706. The molecule has 0 unspecified atom stereocenters. The number of halogens is 2. The van der Waals surface area contributed by atoms with Crippen molar-refractivity contribution in [3.63, 3.8) is 0 Å². The number of aromatic nitrogens is 2. The van der Waals surface area contributed by atoms with E-state index in [1.807, 2.05) is 9.80 Å². The number of carbonyl (C=O) groups excluding carboxylic acids is 2. The summed E-state index contributed by atoms with van der Waals surface area (Å²) in [6.45, 7) is 2.49. The van der Waals surface area contributed by atoms with Gasteiger partial charge in [-0.1, -0.05) is 0 Å². The van der Waals surface area contributed by atoms with Gasteiger partial charge in [-0.05, 0) is 0 Å². The Morgan fingerprint density at radius 2 is 1.62 bits per heavy atom. The number of aliphatic imine (C=N–C) groups is 1. The van der Waals surface area contributed by atoms with E-state index in [1.165, 1.54) is 9.80 Å². The van der Waals surface area contributed by atoms with Gasteiger partial charge in [-0.3, -0.25) is 9.59 Å². The lowest BCUT2D eigenvalue weighted by atomic mass is 10.3. The number of nitrogens with zero attached hydrogens (tertiary/aromatic N) is 7. The predicted molar refractivity (Wildman–Crippen MR) is 119 cm³/mol. The number of piperazine rings is 1. The van der Waals surface area contributed by atoms with E-state index < -0.39 is 5.82 Å². The third-order valence-corrected chi connectivity index (χ3v) is 4.23. The topological polar surface area (TPSA) is 97.3 Å². The number of nitrogens with one attached hydrogen (secondary N) is 1. The van der Waals surface area contributed by atoms with E-state index in [0.29, 0.717) is 38.1 Å². The third kappa shape index (κ3) is 7.59. The number of hydrogen-bond donors (Lipinski definition) is 1. The van der Waals surface area contributed by atoms with Gasteiger partial charge in [0.2, 0.25) is 17.8 Å². The van der Waals surface area contributed by atoms with Gasteiger partial charge in [-0.25, -0.2) is 19.4 Å². The molecular formula is C17H28FIN8O2. The zero-order valence-corrected chi connectivity index (χ0v) is 19.5. The SMILES string of the molecule is CN(C)C(=O)CN=C(NCC(=O)N(C)C)N1CCN(c2ncc(F)cn2)CC1.I. The number of rotatable bonds is 5. The molecule has 1 aliphatic heterocycles. The second-order valence-electron chi connectivity index (χ2n) is 6.75. The summed E-state index contributed by atoms with van der Waals surface area (Å²) in [5.74, 6) is 0.279. The van der Waals surface area contributed by atoms with Gasteiger partial charge in [0.1, 0.15) is 6.54 Å². The molecule has 2 heterocycles. The molecule has 0 aromatic carbocycles. The normalized spacial score (nSPS) is 14.2. The lowest BCUT2D eigenvalue weighted by molar-refractivity contribution is -0.127. The second kappa shape index (κ2) is 11.7. The number of amides is 2. The third-order valence-electron chi connectivity index (χ3n) is 4.23. The van der Waals surface area contributed by atoms with Crippen molar-refractivity contribution in [2.45, 2.75) is 0 Å². The van der Waals surface area contributed by atoms with Crippen LogP contribution in [0.4, 0.5) is 10.3 Å². The Kier molecular flexibility index (Phi) is 9.98. The minimum absolute atomic E-state index is 0. The van der Waals surface area contributed by atoms with Crippen LogP contribution in [0.5, 0.6) is 0 Å². The van der Waals surface area contributed by atoms with Gasteiger partial charge in [0.25, 0.3) is 0 Å². The molecule has 2 rings (SSSR count). The van der Waals surface area contributed by atoms with Crippen molar-refractivity contribution < 1.29 is 14.0 Å². The van der Waals surface area contributed by atoms with Crippen molar-refractivity contribution in [1.82, 2.24) is 30.0 Å². The van der Waals surface area contributed by atoms with Crippen molar-refractivity contribution >= 4 is 47.7 Å². The monoisotopic (exact) mass is 522 g/mol. The fraction of sp³-hybridized carbons (Fsp3) is 0.588. The maximum absolute atomic E-state index is 13.0. The zero-order valence-electron chi connectivity index (χ0n) is 17.1. The molecule has 1 fully saturated rings. The van der Waals surface area contributed by atoms with Crippen LogP contribution in [0.15, 0.2) is 17.4 Å². The first-order valence-corrected chi connectivity index (χ1v) is 8.94. The molecular weight excluding hydrogens is 494 g/mol. The summed E-state index contributed by atoms with van der Waals surface area (Å²) in [5, 5.41) is 3.04. The highest BCUT2D eigenvalue weighted by Crippen LogP contribution is 2.10. The Balaban J connectivity index is 0.00000420. The first-order chi connectivity index (χ1) is 13.3. The molecule has 2 amide bonds. The highest BCUT2D eigenvalue weighted by atomic mass is 127. The van der Waals surface area contributed by atoms with Crippen molar-refractivity contribution in [2.75, 3.05) is 72.4 Å². The minimum atomic E-state index is -0.475. The van der Waals surface area contributed by atoms with E-state index in [0.717, 1.165) is 12.4 Å². The first kappa shape index (κ1) is 24.8. The molecule has 0 atom stereocenters. The van der Waals surface area contributed by atoms with Crippen LogP contribution in [0.2, 0.25) is 0 Å². The molecule has 1 N–H and O–H groups in total. The fourth-order valence-corrected chi connectivity index (χ4v) is 2.45. The molecule has 29 heavy (non-hydrogen) atoms. The average Bonchev–Trinajstić information content (AvgIpc) is 2.68. The smallest absolute Gasteiger partial charge is 0.243 e. The van der Waals surface area contributed by atoms with E-state index in [-0.39, 0.29) is 48.9 Å². The van der Waals surface area contributed by atoms with Crippen LogP contribution in [0, 0.1) is 5.82 Å². The highest BCUT2D eigenvalue weighted by molar-refractivity contribution is 14.0. The van der Waals surface area contributed by atoms with Crippen LogP contribution in [-0.4, -0.2) is 110 Å². The number of guanidine groups is 1. The summed E-state index contributed by atoms with van der Waals surface area (Å²) in [4.78, 5) is 43.1. The summed E-state index contributed by atoms with van der Waals surface area (Å²) in [7, 11) is 6.69. The maximum Gasteiger partial charge on any atom is 0.243 e. The molecule has 162 valence electrons. The van der Waals surface area contributed by atoms with Gasteiger partial charge in [0, 0.05) is 54.4 Å². The van der Waals surface area contributed by atoms with Gasteiger partial charge in [-0.15, -0.1) is 24.0 Å². The molecule has 1 saturated heterocycles. The van der Waals surface area contributed by atoms with Crippen LogP contribution >= 0.6 is 24.0 Å². The predicted octanol–water partition coefficient (Wildman–Crippen LogP) is -0.522. The summed E-state index contributed by atoms with van der Waals surface area (Å²) in [6.07, 6.45) is 2.28. The molecule has 10 nitrogen and oxygen atoms in total. The molecule has 12 heteroatoms. The molecule has 0 saturated carbocycles. The molecule has 1 aromatic heterocycles. The van der Waals surface area contributed by atoms with Crippen LogP contribution in [0.25, 0.3) is 0 Å². The quantitative estimate of drug-likeness (QED) is 0.316. The van der Waals surface area contributed by atoms with Gasteiger partial charge < -0.3 is 24.9 Å². The molecule has 0 spiro atoms. The Morgan fingerprint density at radius 3 is 2.14 bits per heavy atom. The highest BCUT2D eigenvalue weighted by Gasteiger charge is 2.22. The van der Waals surface area contributed by atoms with Crippen molar-refractivity contribution in [3.8, 4) is 0 Å². The summed E-state index contributed by atoms with van der Waals surface area (Å²) in [5.41, 5.74) is 0. The molecule has 1 aliphatic rings. The van der Waals surface area contributed by atoms with Crippen molar-refractivity contribution in [3.05, 3.63) is 18.2 Å². The van der Waals surface area contributed by atoms with E-state index in [4.69, 9.17) is 0 Å². The fourth-order valence-electron chi connectivity index (χ4n) is 2.45. The standard InChI is InChI=1S/C17H27FN8O2.HI/c1-23(2)14(27)11-21-17(22-12-15(28)24(3)4)26-7-5-25(6-8-26)16-19-9-13(18)10-20-16;/h9-10H,5-8,11-12H2,1-4H3,(H,21,22);1H. The number of anilines is 1. The lowest BCUT2D eigenvalue weighted by Gasteiger charge is -2.36. The van der Waals surface area contributed by atoms with Crippen LogP contribution in [0.3, 0.4) is 0 Å². The molecule has 0 bridgehead atoms. The minimum Gasteiger partial charge on any atom is -0.347 e. The Hall–Kier alpha value is -2.25.